The van der Waals surface area contributed by atoms with Crippen molar-refractivity contribution in [3.05, 3.63) is 40.7 Å². The maximum absolute atomic E-state index is 5.92. The highest BCUT2D eigenvalue weighted by atomic mass is 32.1. The van der Waals surface area contributed by atoms with Gasteiger partial charge in [0.2, 0.25) is 0 Å². The first kappa shape index (κ1) is 13.2. The van der Waals surface area contributed by atoms with Crippen molar-refractivity contribution >= 4 is 11.3 Å². The van der Waals surface area contributed by atoms with Crippen LogP contribution in [-0.2, 0) is 6.42 Å². The Bertz CT molecular complexity index is 464. The number of benzene rings is 1. The van der Waals surface area contributed by atoms with Crippen molar-refractivity contribution in [2.45, 2.75) is 38.6 Å². The zero-order valence-corrected chi connectivity index (χ0v) is 11.6. The molecular formula is C15H20N2S. The molecule has 0 aliphatic rings. The molecule has 2 nitrogen and oxygen atoms in total. The van der Waals surface area contributed by atoms with Gasteiger partial charge < -0.3 is 5.73 Å². The first-order valence-electron chi connectivity index (χ1n) is 6.55. The summed E-state index contributed by atoms with van der Waals surface area (Å²) in [4.78, 5) is 4.68. The molecule has 1 atom stereocenters. The number of rotatable bonds is 6. The van der Waals surface area contributed by atoms with Gasteiger partial charge in [-0.05, 0) is 25.7 Å². The first-order valence-corrected chi connectivity index (χ1v) is 7.43. The first-order chi connectivity index (χ1) is 8.79. The van der Waals surface area contributed by atoms with E-state index in [2.05, 4.69) is 41.6 Å². The predicted octanol–water partition coefficient (Wildman–Crippen LogP) is 3.87. The minimum atomic E-state index is 0.346. The normalized spacial score (nSPS) is 12.6. The van der Waals surface area contributed by atoms with Gasteiger partial charge in [-0.1, -0.05) is 37.3 Å². The summed E-state index contributed by atoms with van der Waals surface area (Å²) in [5.41, 5.74) is 8.21. The fraction of sp³-hybridized carbons (Fsp3) is 0.400. The quantitative estimate of drug-likeness (QED) is 0.856. The van der Waals surface area contributed by atoms with Gasteiger partial charge in [-0.25, -0.2) is 4.98 Å². The maximum Gasteiger partial charge on any atom is 0.0932 e. The van der Waals surface area contributed by atoms with Crippen LogP contribution in [0.15, 0.2) is 35.7 Å². The molecule has 0 aliphatic carbocycles. The molecule has 3 heteroatoms. The summed E-state index contributed by atoms with van der Waals surface area (Å²) in [7, 11) is 0. The van der Waals surface area contributed by atoms with Crippen molar-refractivity contribution in [1.29, 1.82) is 0 Å². The van der Waals surface area contributed by atoms with E-state index in [0.29, 0.717) is 6.04 Å². The van der Waals surface area contributed by atoms with E-state index in [-0.39, 0.29) is 0 Å². The minimum Gasteiger partial charge on any atom is -0.328 e. The van der Waals surface area contributed by atoms with Crippen molar-refractivity contribution < 1.29 is 0 Å². The molecule has 96 valence electrons. The molecule has 2 rings (SSSR count). The summed E-state index contributed by atoms with van der Waals surface area (Å²) in [6, 6.07) is 10.7. The molecule has 0 spiro atoms. The van der Waals surface area contributed by atoms with Crippen LogP contribution < -0.4 is 5.73 Å². The maximum atomic E-state index is 5.92. The van der Waals surface area contributed by atoms with E-state index in [4.69, 9.17) is 5.73 Å². The third-order valence-corrected chi connectivity index (χ3v) is 4.02. The van der Waals surface area contributed by atoms with Gasteiger partial charge in [0.1, 0.15) is 0 Å². The molecule has 0 amide bonds. The molecule has 1 aromatic carbocycles. The number of thiazole rings is 1. The Balaban J connectivity index is 1.91. The third kappa shape index (κ3) is 3.65. The van der Waals surface area contributed by atoms with Crippen LogP contribution in [0.2, 0.25) is 0 Å². The average molecular weight is 260 g/mol. The van der Waals surface area contributed by atoms with Crippen molar-refractivity contribution in [2.24, 2.45) is 5.73 Å². The van der Waals surface area contributed by atoms with Crippen LogP contribution >= 0.6 is 11.3 Å². The number of nitrogens with two attached hydrogens (primary N) is 1. The Morgan fingerprint density at radius 1 is 1.28 bits per heavy atom. The van der Waals surface area contributed by atoms with Gasteiger partial charge in [0.15, 0.2) is 0 Å². The second kappa shape index (κ2) is 6.66. The van der Waals surface area contributed by atoms with Crippen LogP contribution in [0.1, 0.15) is 31.2 Å². The molecule has 0 aliphatic heterocycles. The lowest BCUT2D eigenvalue weighted by Crippen LogP contribution is -2.18. The van der Waals surface area contributed by atoms with Crippen LogP contribution in [0, 0.1) is 0 Å². The molecule has 0 bridgehead atoms. The molecule has 2 N–H and O–H groups in total. The highest BCUT2D eigenvalue weighted by Crippen LogP contribution is 2.22. The molecular weight excluding hydrogens is 240 g/mol. The Morgan fingerprint density at radius 3 is 2.78 bits per heavy atom. The van der Waals surface area contributed by atoms with Gasteiger partial charge in [-0.3, -0.25) is 0 Å². The average Bonchev–Trinajstić information content (AvgIpc) is 2.88. The van der Waals surface area contributed by atoms with Crippen molar-refractivity contribution in [1.82, 2.24) is 4.98 Å². The number of hydrogen-bond donors (Lipinski definition) is 1. The van der Waals surface area contributed by atoms with Gasteiger partial charge >= 0.3 is 0 Å². The van der Waals surface area contributed by atoms with Crippen LogP contribution in [0.4, 0.5) is 0 Å². The summed E-state index contributed by atoms with van der Waals surface area (Å²) in [5.74, 6) is 0. The molecule has 0 fully saturated rings. The molecule has 0 saturated carbocycles. The summed E-state index contributed by atoms with van der Waals surface area (Å²) in [6.45, 7) is 2.14. The van der Waals surface area contributed by atoms with E-state index in [1.54, 1.807) is 11.3 Å². The zero-order chi connectivity index (χ0) is 12.8. The zero-order valence-electron chi connectivity index (χ0n) is 10.8. The lowest BCUT2D eigenvalue weighted by atomic mass is 10.1. The van der Waals surface area contributed by atoms with Gasteiger partial charge in [0.25, 0.3) is 0 Å². The van der Waals surface area contributed by atoms with Crippen LogP contribution in [0.25, 0.3) is 11.3 Å². The number of aromatic nitrogens is 1. The second-order valence-electron chi connectivity index (χ2n) is 4.55. The van der Waals surface area contributed by atoms with E-state index in [0.717, 1.165) is 31.4 Å². The van der Waals surface area contributed by atoms with Gasteiger partial charge in [-0.2, -0.15) is 0 Å². The Labute approximate surface area is 113 Å². The van der Waals surface area contributed by atoms with Crippen LogP contribution in [0.3, 0.4) is 0 Å². The molecule has 0 radical (unpaired) electrons. The highest BCUT2D eigenvalue weighted by molar-refractivity contribution is 7.09. The molecule has 0 saturated heterocycles. The molecule has 1 unspecified atom stereocenters. The SMILES string of the molecule is CCC(N)CCCc1nc(-c2ccccc2)cs1. The fourth-order valence-corrected chi connectivity index (χ4v) is 2.74. The second-order valence-corrected chi connectivity index (χ2v) is 5.50. The Kier molecular flexibility index (Phi) is 4.90. The van der Waals surface area contributed by atoms with Gasteiger partial charge in [0, 0.05) is 17.0 Å². The molecule has 2 aromatic rings. The third-order valence-electron chi connectivity index (χ3n) is 3.11. The number of hydrogen-bond acceptors (Lipinski definition) is 3. The Hall–Kier alpha value is -1.19. The van der Waals surface area contributed by atoms with E-state index in [9.17, 15) is 0 Å². The highest BCUT2D eigenvalue weighted by Gasteiger charge is 2.05. The standard InChI is InChI=1S/C15H20N2S/c1-2-13(16)9-6-10-15-17-14(11-18-15)12-7-4-3-5-8-12/h3-5,7-8,11,13H,2,6,9-10,16H2,1H3. The van der Waals surface area contributed by atoms with E-state index < -0.39 is 0 Å². The number of nitrogens with zero attached hydrogens (tertiary/aromatic N) is 1. The summed E-state index contributed by atoms with van der Waals surface area (Å²) in [6.07, 6.45) is 4.34. The smallest absolute Gasteiger partial charge is 0.0932 e. The molecule has 1 heterocycles. The van der Waals surface area contributed by atoms with E-state index in [1.165, 1.54) is 10.6 Å². The van der Waals surface area contributed by atoms with Crippen molar-refractivity contribution in [3.8, 4) is 11.3 Å². The number of aryl methyl sites for hydroxylation is 1. The van der Waals surface area contributed by atoms with Crippen molar-refractivity contribution in [3.63, 3.8) is 0 Å². The van der Waals surface area contributed by atoms with Crippen LogP contribution in [-0.4, -0.2) is 11.0 Å². The lowest BCUT2D eigenvalue weighted by Gasteiger charge is -2.06. The minimum absolute atomic E-state index is 0.346. The summed E-state index contributed by atoms with van der Waals surface area (Å²) >= 11 is 1.75. The predicted molar refractivity (Wildman–Crippen MR) is 78.8 cm³/mol. The topological polar surface area (TPSA) is 38.9 Å². The molecule has 18 heavy (non-hydrogen) atoms. The summed E-state index contributed by atoms with van der Waals surface area (Å²) in [5, 5.41) is 3.36. The monoisotopic (exact) mass is 260 g/mol. The van der Waals surface area contributed by atoms with Gasteiger partial charge in [-0.15, -0.1) is 11.3 Å². The van der Waals surface area contributed by atoms with E-state index in [1.807, 2.05) is 6.07 Å². The largest absolute Gasteiger partial charge is 0.328 e. The Morgan fingerprint density at radius 2 is 2.06 bits per heavy atom. The van der Waals surface area contributed by atoms with Crippen molar-refractivity contribution in [2.75, 3.05) is 0 Å². The lowest BCUT2D eigenvalue weighted by molar-refractivity contribution is 0.567. The summed E-state index contributed by atoms with van der Waals surface area (Å²) < 4.78 is 0. The molecule has 1 aromatic heterocycles. The van der Waals surface area contributed by atoms with E-state index >= 15 is 0 Å². The van der Waals surface area contributed by atoms with Gasteiger partial charge in [0.05, 0.1) is 10.7 Å². The fourth-order valence-electron chi connectivity index (χ4n) is 1.89. The van der Waals surface area contributed by atoms with Crippen LogP contribution in [0.5, 0.6) is 0 Å².